The highest BCUT2D eigenvalue weighted by Gasteiger charge is 2.14. The summed E-state index contributed by atoms with van der Waals surface area (Å²) in [5.41, 5.74) is 2.84. The first-order valence-electron chi connectivity index (χ1n) is 6.43. The van der Waals surface area contributed by atoms with E-state index in [2.05, 4.69) is 10.4 Å². The van der Waals surface area contributed by atoms with Crippen LogP contribution in [0, 0.1) is 17.0 Å². The standard InChI is InChI=1S/C14H18N4O2/c1-10-4-5-13(6-14(10)18(19)20)11(2)15-7-12-8-16-17(3)9-12/h4-6,8-9,11,15H,7H2,1-3H3. The molecule has 1 atom stereocenters. The summed E-state index contributed by atoms with van der Waals surface area (Å²) in [4.78, 5) is 10.6. The molecule has 6 heteroatoms. The predicted octanol–water partition coefficient (Wildman–Crippen LogP) is 2.49. The molecule has 1 aromatic heterocycles. The van der Waals surface area contributed by atoms with Gasteiger partial charge in [0.1, 0.15) is 0 Å². The zero-order valence-corrected chi connectivity index (χ0v) is 11.8. The maximum absolute atomic E-state index is 11.0. The zero-order valence-electron chi connectivity index (χ0n) is 11.8. The highest BCUT2D eigenvalue weighted by Crippen LogP contribution is 2.23. The van der Waals surface area contributed by atoms with Crippen LogP contribution < -0.4 is 5.32 Å². The molecule has 0 fully saturated rings. The SMILES string of the molecule is Cc1ccc(C(C)NCc2cnn(C)c2)cc1[N+](=O)[O-]. The van der Waals surface area contributed by atoms with Crippen LogP contribution >= 0.6 is 0 Å². The third-order valence-electron chi connectivity index (χ3n) is 3.30. The van der Waals surface area contributed by atoms with Gasteiger partial charge in [0.15, 0.2) is 0 Å². The first kappa shape index (κ1) is 14.2. The van der Waals surface area contributed by atoms with Crippen LogP contribution in [-0.2, 0) is 13.6 Å². The first-order valence-corrected chi connectivity index (χ1v) is 6.43. The lowest BCUT2D eigenvalue weighted by molar-refractivity contribution is -0.385. The molecule has 0 aliphatic carbocycles. The van der Waals surface area contributed by atoms with Crippen molar-refractivity contribution >= 4 is 5.69 Å². The largest absolute Gasteiger partial charge is 0.306 e. The summed E-state index contributed by atoms with van der Waals surface area (Å²) in [5.74, 6) is 0. The van der Waals surface area contributed by atoms with Crippen LogP contribution in [0.5, 0.6) is 0 Å². The Kier molecular flexibility index (Phi) is 4.14. The summed E-state index contributed by atoms with van der Waals surface area (Å²) in [6.07, 6.45) is 3.74. The predicted molar refractivity (Wildman–Crippen MR) is 76.3 cm³/mol. The van der Waals surface area contributed by atoms with Crippen LogP contribution in [0.1, 0.15) is 29.7 Å². The Labute approximate surface area is 117 Å². The number of nitro benzene ring substituents is 1. The molecular formula is C14H18N4O2. The smallest absolute Gasteiger partial charge is 0.272 e. The lowest BCUT2D eigenvalue weighted by Gasteiger charge is -2.14. The van der Waals surface area contributed by atoms with Gasteiger partial charge in [-0.25, -0.2) is 0 Å². The Bertz CT molecular complexity index is 621. The summed E-state index contributed by atoms with van der Waals surface area (Å²) < 4.78 is 1.75. The Hall–Kier alpha value is -2.21. The third kappa shape index (κ3) is 3.21. The van der Waals surface area contributed by atoms with Crippen molar-refractivity contribution in [3.8, 4) is 0 Å². The summed E-state index contributed by atoms with van der Waals surface area (Å²) in [5, 5.41) is 18.4. The van der Waals surface area contributed by atoms with Crippen molar-refractivity contribution < 1.29 is 4.92 Å². The minimum Gasteiger partial charge on any atom is -0.306 e. The second-order valence-electron chi connectivity index (χ2n) is 4.93. The molecule has 0 amide bonds. The van der Waals surface area contributed by atoms with E-state index in [1.165, 1.54) is 0 Å². The van der Waals surface area contributed by atoms with Crippen LogP contribution in [-0.4, -0.2) is 14.7 Å². The Morgan fingerprint density at radius 3 is 2.85 bits per heavy atom. The van der Waals surface area contributed by atoms with Gasteiger partial charge in [0.25, 0.3) is 5.69 Å². The van der Waals surface area contributed by atoms with E-state index < -0.39 is 0 Å². The van der Waals surface area contributed by atoms with Crippen LogP contribution in [0.3, 0.4) is 0 Å². The van der Waals surface area contributed by atoms with Crippen molar-refractivity contribution in [2.75, 3.05) is 0 Å². The number of nitrogens with one attached hydrogen (secondary N) is 1. The fourth-order valence-electron chi connectivity index (χ4n) is 2.04. The third-order valence-corrected chi connectivity index (χ3v) is 3.30. The average molecular weight is 274 g/mol. The molecule has 2 aromatic rings. The molecule has 0 radical (unpaired) electrons. The molecule has 1 N–H and O–H groups in total. The second-order valence-corrected chi connectivity index (χ2v) is 4.93. The van der Waals surface area contributed by atoms with Crippen molar-refractivity contribution in [1.82, 2.24) is 15.1 Å². The van der Waals surface area contributed by atoms with Gasteiger partial charge in [0.2, 0.25) is 0 Å². The molecule has 0 saturated carbocycles. The van der Waals surface area contributed by atoms with Crippen molar-refractivity contribution in [1.29, 1.82) is 0 Å². The van der Waals surface area contributed by atoms with E-state index in [1.54, 1.807) is 29.9 Å². The van der Waals surface area contributed by atoms with Crippen LogP contribution in [0.15, 0.2) is 30.6 Å². The number of hydrogen-bond acceptors (Lipinski definition) is 4. The number of benzene rings is 1. The van der Waals surface area contributed by atoms with E-state index in [4.69, 9.17) is 0 Å². The summed E-state index contributed by atoms with van der Waals surface area (Å²) in [6.45, 7) is 4.41. The maximum Gasteiger partial charge on any atom is 0.272 e. The fourth-order valence-corrected chi connectivity index (χ4v) is 2.04. The molecule has 6 nitrogen and oxygen atoms in total. The molecule has 20 heavy (non-hydrogen) atoms. The molecule has 0 bridgehead atoms. The summed E-state index contributed by atoms with van der Waals surface area (Å²) in [7, 11) is 1.87. The molecule has 2 rings (SSSR count). The van der Waals surface area contributed by atoms with E-state index in [9.17, 15) is 10.1 Å². The normalized spacial score (nSPS) is 12.3. The van der Waals surface area contributed by atoms with Crippen LogP contribution in [0.2, 0.25) is 0 Å². The van der Waals surface area contributed by atoms with Crippen molar-refractivity contribution in [2.24, 2.45) is 7.05 Å². The number of aromatic nitrogens is 2. The highest BCUT2D eigenvalue weighted by molar-refractivity contribution is 5.43. The topological polar surface area (TPSA) is 73.0 Å². The minimum absolute atomic E-state index is 0.0366. The molecule has 0 saturated heterocycles. The minimum atomic E-state index is -0.341. The zero-order chi connectivity index (χ0) is 14.7. The number of aryl methyl sites for hydroxylation is 2. The number of nitro groups is 1. The molecule has 0 spiro atoms. The van der Waals surface area contributed by atoms with Crippen molar-refractivity contribution in [2.45, 2.75) is 26.4 Å². The van der Waals surface area contributed by atoms with Gasteiger partial charge in [-0.1, -0.05) is 12.1 Å². The van der Waals surface area contributed by atoms with E-state index >= 15 is 0 Å². The van der Waals surface area contributed by atoms with Gasteiger partial charge in [0.05, 0.1) is 11.1 Å². The highest BCUT2D eigenvalue weighted by atomic mass is 16.6. The Morgan fingerprint density at radius 1 is 1.50 bits per heavy atom. The van der Waals surface area contributed by atoms with Gasteiger partial charge in [-0.15, -0.1) is 0 Å². The Morgan fingerprint density at radius 2 is 2.25 bits per heavy atom. The fraction of sp³-hybridized carbons (Fsp3) is 0.357. The molecule has 0 aliphatic rings. The molecule has 106 valence electrons. The van der Waals surface area contributed by atoms with Gasteiger partial charge >= 0.3 is 0 Å². The van der Waals surface area contributed by atoms with Gasteiger partial charge in [-0.3, -0.25) is 14.8 Å². The number of nitrogens with zero attached hydrogens (tertiary/aromatic N) is 3. The molecule has 1 heterocycles. The molecular weight excluding hydrogens is 256 g/mol. The van der Waals surface area contributed by atoms with Crippen molar-refractivity contribution in [3.05, 3.63) is 57.4 Å². The van der Waals surface area contributed by atoms with Crippen LogP contribution in [0.25, 0.3) is 0 Å². The quantitative estimate of drug-likeness (QED) is 0.671. The number of hydrogen-bond donors (Lipinski definition) is 1. The second kappa shape index (κ2) is 5.83. The lowest BCUT2D eigenvalue weighted by atomic mass is 10.0. The Balaban J connectivity index is 2.07. The molecule has 0 aliphatic heterocycles. The number of rotatable bonds is 5. The maximum atomic E-state index is 11.0. The van der Waals surface area contributed by atoms with Gasteiger partial charge in [0, 0.05) is 43.0 Å². The monoisotopic (exact) mass is 274 g/mol. The molecule has 1 aromatic carbocycles. The summed E-state index contributed by atoms with van der Waals surface area (Å²) in [6, 6.07) is 5.38. The average Bonchev–Trinajstić information content (AvgIpc) is 2.82. The lowest BCUT2D eigenvalue weighted by Crippen LogP contribution is -2.18. The first-order chi connectivity index (χ1) is 9.47. The van der Waals surface area contributed by atoms with E-state index in [1.807, 2.05) is 26.2 Å². The van der Waals surface area contributed by atoms with E-state index in [0.29, 0.717) is 12.1 Å². The van der Waals surface area contributed by atoms with Gasteiger partial charge in [-0.05, 0) is 19.4 Å². The van der Waals surface area contributed by atoms with Gasteiger partial charge in [-0.2, -0.15) is 5.10 Å². The van der Waals surface area contributed by atoms with Crippen LogP contribution in [0.4, 0.5) is 5.69 Å². The van der Waals surface area contributed by atoms with Crippen molar-refractivity contribution in [3.63, 3.8) is 0 Å². The van der Waals surface area contributed by atoms with Gasteiger partial charge < -0.3 is 5.32 Å². The van der Waals surface area contributed by atoms with E-state index in [0.717, 1.165) is 11.1 Å². The molecule has 1 unspecified atom stereocenters. The van der Waals surface area contributed by atoms with E-state index in [-0.39, 0.29) is 16.7 Å². The summed E-state index contributed by atoms with van der Waals surface area (Å²) >= 11 is 0.